The van der Waals surface area contributed by atoms with Crippen molar-refractivity contribution in [3.63, 3.8) is 0 Å². The minimum Gasteiger partial charge on any atom is -0.366 e. The molecule has 73 valence electrons. The molecule has 0 bridgehead atoms. The third-order valence-electron chi connectivity index (χ3n) is 1.88. The molecule has 0 saturated heterocycles. The molecule has 0 fully saturated rings. The number of hydrogen-bond donors (Lipinski definition) is 1. The topological polar surface area (TPSA) is 80.1 Å². The van der Waals surface area contributed by atoms with Crippen molar-refractivity contribution in [3.05, 3.63) is 35.4 Å². The zero-order valence-corrected chi connectivity index (χ0v) is 7.53. The van der Waals surface area contributed by atoms with Crippen molar-refractivity contribution < 1.29 is 14.7 Å². The summed E-state index contributed by atoms with van der Waals surface area (Å²) in [6.07, 6.45) is 0.158. The summed E-state index contributed by atoms with van der Waals surface area (Å²) in [7, 11) is 0. The Kier molecular flexibility index (Phi) is 3.23. The highest BCUT2D eigenvalue weighted by molar-refractivity contribution is 5.94. The van der Waals surface area contributed by atoms with Gasteiger partial charge in [-0.25, -0.2) is 9.90 Å². The SMILES string of the molecule is NC(=O)c1ccccc1CCC([O])=O. The molecule has 1 radical (unpaired) electrons. The molecule has 2 N–H and O–H groups in total. The number of hydrogen-bond acceptors (Lipinski definition) is 2. The van der Waals surface area contributed by atoms with Crippen molar-refractivity contribution >= 4 is 11.9 Å². The summed E-state index contributed by atoms with van der Waals surface area (Å²) >= 11 is 0. The standard InChI is InChI=1S/C10H10NO3/c11-10(14)8-4-2-1-3-7(8)5-6-9(12)13/h1-4H,5-6H2,(H2,11,14). The molecule has 1 aromatic rings. The fraction of sp³-hybridized carbons (Fsp3) is 0.200. The first kappa shape index (κ1) is 10.2. The summed E-state index contributed by atoms with van der Waals surface area (Å²) in [5, 5.41) is 10.2. The maximum absolute atomic E-state index is 10.9. The molecule has 4 heteroatoms. The van der Waals surface area contributed by atoms with Crippen molar-refractivity contribution in [1.29, 1.82) is 0 Å². The van der Waals surface area contributed by atoms with Crippen LogP contribution >= 0.6 is 0 Å². The Morgan fingerprint density at radius 1 is 1.21 bits per heavy atom. The van der Waals surface area contributed by atoms with Gasteiger partial charge in [-0.1, -0.05) is 18.2 Å². The van der Waals surface area contributed by atoms with E-state index in [-0.39, 0.29) is 12.8 Å². The second kappa shape index (κ2) is 4.41. The number of amides is 1. The smallest absolute Gasteiger partial charge is 0.355 e. The molecule has 0 heterocycles. The average molecular weight is 192 g/mol. The molecule has 0 aliphatic heterocycles. The Labute approximate surface area is 81.3 Å². The molecule has 14 heavy (non-hydrogen) atoms. The lowest BCUT2D eigenvalue weighted by molar-refractivity contribution is -0.143. The van der Waals surface area contributed by atoms with E-state index in [2.05, 4.69) is 0 Å². The maximum atomic E-state index is 10.9. The largest absolute Gasteiger partial charge is 0.366 e. The van der Waals surface area contributed by atoms with E-state index in [4.69, 9.17) is 5.73 Å². The Bertz CT molecular complexity index is 360. The van der Waals surface area contributed by atoms with Crippen LogP contribution in [0.5, 0.6) is 0 Å². The van der Waals surface area contributed by atoms with Crippen LogP contribution in [0, 0.1) is 0 Å². The van der Waals surface area contributed by atoms with Gasteiger partial charge < -0.3 is 5.73 Å². The first-order valence-electron chi connectivity index (χ1n) is 4.19. The summed E-state index contributed by atoms with van der Waals surface area (Å²) in [4.78, 5) is 21.2. The van der Waals surface area contributed by atoms with E-state index < -0.39 is 11.9 Å². The van der Waals surface area contributed by atoms with Crippen LogP contribution < -0.4 is 5.73 Å². The number of carbonyl (C=O) groups excluding carboxylic acids is 2. The van der Waals surface area contributed by atoms with E-state index in [1.807, 2.05) is 0 Å². The molecule has 0 unspecified atom stereocenters. The molecule has 0 spiro atoms. The van der Waals surface area contributed by atoms with Crippen molar-refractivity contribution in [2.45, 2.75) is 12.8 Å². The number of primary amides is 1. The summed E-state index contributed by atoms with van der Waals surface area (Å²) in [5.74, 6) is -1.68. The Morgan fingerprint density at radius 3 is 2.43 bits per heavy atom. The second-order valence-electron chi connectivity index (χ2n) is 2.89. The van der Waals surface area contributed by atoms with Crippen molar-refractivity contribution in [2.75, 3.05) is 0 Å². The number of rotatable bonds is 4. The predicted octanol–water partition coefficient (Wildman–Crippen LogP) is 0.675. The predicted molar refractivity (Wildman–Crippen MR) is 49.0 cm³/mol. The number of nitrogens with two attached hydrogens (primary N) is 1. The highest BCUT2D eigenvalue weighted by Crippen LogP contribution is 2.10. The van der Waals surface area contributed by atoms with Crippen molar-refractivity contribution in [1.82, 2.24) is 0 Å². The van der Waals surface area contributed by atoms with Crippen LogP contribution in [0.3, 0.4) is 0 Å². The number of benzene rings is 1. The van der Waals surface area contributed by atoms with Gasteiger partial charge in [0.25, 0.3) is 0 Å². The molecule has 1 amide bonds. The molecular formula is C10H10NO3. The average Bonchev–Trinajstić information content (AvgIpc) is 2.15. The van der Waals surface area contributed by atoms with Crippen molar-refractivity contribution in [3.8, 4) is 0 Å². The van der Waals surface area contributed by atoms with Crippen LogP contribution in [-0.2, 0) is 16.3 Å². The summed E-state index contributed by atoms with van der Waals surface area (Å²) in [5.41, 5.74) is 6.13. The third kappa shape index (κ3) is 2.58. The van der Waals surface area contributed by atoms with Gasteiger partial charge in [0, 0.05) is 5.56 Å². The Hall–Kier alpha value is -1.84. The molecule has 0 aromatic heterocycles. The highest BCUT2D eigenvalue weighted by atomic mass is 16.4. The van der Waals surface area contributed by atoms with Gasteiger partial charge in [0.05, 0.1) is 6.42 Å². The van der Waals surface area contributed by atoms with Crippen LogP contribution in [0.15, 0.2) is 24.3 Å². The lowest BCUT2D eigenvalue weighted by Crippen LogP contribution is -2.14. The van der Waals surface area contributed by atoms with Gasteiger partial charge in [-0.3, -0.25) is 4.79 Å². The monoisotopic (exact) mass is 192 g/mol. The minimum absolute atomic E-state index is 0.107. The van der Waals surface area contributed by atoms with Gasteiger partial charge in [-0.15, -0.1) is 0 Å². The van der Waals surface area contributed by atoms with Gasteiger partial charge in [-0.2, -0.15) is 0 Å². The van der Waals surface area contributed by atoms with Gasteiger partial charge in [0.15, 0.2) is 0 Å². The second-order valence-corrected chi connectivity index (χ2v) is 2.89. The van der Waals surface area contributed by atoms with E-state index in [0.717, 1.165) is 0 Å². The normalized spacial score (nSPS) is 9.71. The van der Waals surface area contributed by atoms with Gasteiger partial charge in [-0.05, 0) is 18.1 Å². The van der Waals surface area contributed by atoms with Crippen LogP contribution in [0.1, 0.15) is 22.3 Å². The van der Waals surface area contributed by atoms with E-state index in [1.165, 1.54) is 0 Å². The Balaban J connectivity index is 2.84. The summed E-state index contributed by atoms with van der Waals surface area (Å²) in [6, 6.07) is 6.68. The van der Waals surface area contributed by atoms with E-state index in [0.29, 0.717) is 11.1 Å². The zero-order chi connectivity index (χ0) is 10.6. The maximum Gasteiger partial charge on any atom is 0.355 e. The lowest BCUT2D eigenvalue weighted by Gasteiger charge is -2.03. The zero-order valence-electron chi connectivity index (χ0n) is 7.53. The fourth-order valence-electron chi connectivity index (χ4n) is 1.22. The fourth-order valence-corrected chi connectivity index (χ4v) is 1.22. The summed E-state index contributed by atoms with van der Waals surface area (Å²) in [6.45, 7) is 0. The van der Waals surface area contributed by atoms with Crippen LogP contribution in [0.25, 0.3) is 0 Å². The number of aryl methyl sites for hydroxylation is 1. The van der Waals surface area contributed by atoms with Crippen molar-refractivity contribution in [2.24, 2.45) is 5.73 Å². The van der Waals surface area contributed by atoms with Crippen LogP contribution in [0.2, 0.25) is 0 Å². The number of carbonyl (C=O) groups is 2. The molecular weight excluding hydrogens is 182 g/mol. The van der Waals surface area contributed by atoms with Crippen LogP contribution in [0.4, 0.5) is 0 Å². The van der Waals surface area contributed by atoms with E-state index >= 15 is 0 Å². The van der Waals surface area contributed by atoms with Gasteiger partial charge >= 0.3 is 5.97 Å². The molecule has 0 saturated carbocycles. The Morgan fingerprint density at radius 2 is 1.86 bits per heavy atom. The quantitative estimate of drug-likeness (QED) is 0.760. The van der Waals surface area contributed by atoms with Crippen LogP contribution in [-0.4, -0.2) is 11.9 Å². The molecule has 1 aromatic carbocycles. The minimum atomic E-state index is -1.13. The van der Waals surface area contributed by atoms with E-state index in [1.54, 1.807) is 24.3 Å². The first-order valence-corrected chi connectivity index (χ1v) is 4.19. The van der Waals surface area contributed by atoms with E-state index in [9.17, 15) is 14.7 Å². The third-order valence-corrected chi connectivity index (χ3v) is 1.88. The van der Waals surface area contributed by atoms with Gasteiger partial charge in [0.1, 0.15) is 0 Å². The molecule has 0 atom stereocenters. The first-order chi connectivity index (χ1) is 6.61. The lowest BCUT2D eigenvalue weighted by atomic mass is 10.0. The molecule has 1 rings (SSSR count). The molecule has 4 nitrogen and oxygen atoms in total. The van der Waals surface area contributed by atoms with Gasteiger partial charge in [0.2, 0.25) is 5.91 Å². The highest BCUT2D eigenvalue weighted by Gasteiger charge is 2.08. The molecule has 0 aliphatic rings. The summed E-state index contributed by atoms with van der Waals surface area (Å²) < 4.78 is 0. The molecule has 0 aliphatic carbocycles.